The number of hydrogen-bond donors (Lipinski definition) is 2. The number of likely N-dealkylation sites (tertiary alicyclic amines) is 1. The standard InChI is InChI=1S/C20H22N4O/c1-24-12-3-2-7-17(24)20-22-18(14-8-10-21-11-9-14)19(23-20)15-5-4-6-16(25)13-15/h4-6,8-11,13,17,25H,2-3,7,12H2,1H3,(H,22,23). The van der Waals surface area contributed by atoms with Gasteiger partial charge in [-0.15, -0.1) is 0 Å². The second-order valence-electron chi connectivity index (χ2n) is 6.62. The lowest BCUT2D eigenvalue weighted by Gasteiger charge is -2.30. The van der Waals surface area contributed by atoms with Crippen LogP contribution in [0.2, 0.25) is 0 Å². The van der Waals surface area contributed by atoms with Crippen LogP contribution < -0.4 is 0 Å². The molecule has 0 aliphatic carbocycles. The zero-order valence-corrected chi connectivity index (χ0v) is 14.3. The van der Waals surface area contributed by atoms with E-state index >= 15 is 0 Å². The summed E-state index contributed by atoms with van der Waals surface area (Å²) in [6.45, 7) is 1.09. The number of pyridine rings is 1. The molecule has 1 unspecified atom stereocenters. The Hall–Kier alpha value is -2.66. The second-order valence-corrected chi connectivity index (χ2v) is 6.62. The van der Waals surface area contributed by atoms with E-state index in [9.17, 15) is 5.11 Å². The highest BCUT2D eigenvalue weighted by molar-refractivity contribution is 5.78. The fraction of sp³-hybridized carbons (Fsp3) is 0.300. The van der Waals surface area contributed by atoms with Gasteiger partial charge in [-0.1, -0.05) is 18.6 Å². The third kappa shape index (κ3) is 3.15. The largest absolute Gasteiger partial charge is 0.508 e. The first-order valence-corrected chi connectivity index (χ1v) is 8.72. The van der Waals surface area contributed by atoms with Gasteiger partial charge in [0.1, 0.15) is 11.6 Å². The van der Waals surface area contributed by atoms with Crippen LogP contribution in [-0.2, 0) is 0 Å². The Morgan fingerprint density at radius 3 is 2.72 bits per heavy atom. The molecule has 128 valence electrons. The number of benzene rings is 1. The fourth-order valence-corrected chi connectivity index (χ4v) is 3.56. The maximum atomic E-state index is 9.88. The monoisotopic (exact) mass is 334 g/mol. The lowest BCUT2D eigenvalue weighted by Crippen LogP contribution is -2.30. The number of aromatic nitrogens is 3. The first-order valence-electron chi connectivity index (χ1n) is 8.72. The maximum Gasteiger partial charge on any atom is 0.124 e. The van der Waals surface area contributed by atoms with E-state index in [4.69, 9.17) is 4.98 Å². The first-order chi connectivity index (χ1) is 12.2. The summed E-state index contributed by atoms with van der Waals surface area (Å²) in [5, 5.41) is 9.88. The zero-order valence-electron chi connectivity index (χ0n) is 14.3. The van der Waals surface area contributed by atoms with E-state index in [1.807, 2.05) is 24.3 Å². The van der Waals surface area contributed by atoms with E-state index in [0.717, 1.165) is 41.3 Å². The van der Waals surface area contributed by atoms with E-state index in [2.05, 4.69) is 21.9 Å². The molecule has 3 heterocycles. The molecule has 2 N–H and O–H groups in total. The summed E-state index contributed by atoms with van der Waals surface area (Å²) >= 11 is 0. The van der Waals surface area contributed by atoms with Crippen LogP contribution >= 0.6 is 0 Å². The van der Waals surface area contributed by atoms with Crippen molar-refractivity contribution in [2.24, 2.45) is 0 Å². The molecule has 5 nitrogen and oxygen atoms in total. The van der Waals surface area contributed by atoms with Crippen molar-refractivity contribution >= 4 is 0 Å². The molecule has 4 rings (SSSR count). The minimum atomic E-state index is 0.248. The third-order valence-corrected chi connectivity index (χ3v) is 4.90. The normalized spacial score (nSPS) is 18.4. The van der Waals surface area contributed by atoms with Gasteiger partial charge in [0.15, 0.2) is 0 Å². The zero-order chi connectivity index (χ0) is 17.2. The maximum absolute atomic E-state index is 9.88. The van der Waals surface area contributed by atoms with Crippen molar-refractivity contribution in [2.75, 3.05) is 13.6 Å². The SMILES string of the molecule is CN1CCCCC1c1nc(-c2cccc(O)c2)c(-c2ccncc2)[nH]1. The van der Waals surface area contributed by atoms with E-state index in [0.29, 0.717) is 6.04 Å². The van der Waals surface area contributed by atoms with Gasteiger partial charge in [0, 0.05) is 23.5 Å². The van der Waals surface area contributed by atoms with E-state index in [1.54, 1.807) is 24.5 Å². The van der Waals surface area contributed by atoms with Gasteiger partial charge in [-0.3, -0.25) is 9.88 Å². The highest BCUT2D eigenvalue weighted by Gasteiger charge is 2.25. The molecule has 1 aromatic carbocycles. The van der Waals surface area contributed by atoms with Crippen LogP contribution in [0.4, 0.5) is 0 Å². The molecule has 1 aliphatic heterocycles. The van der Waals surface area contributed by atoms with Crippen LogP contribution in [0.3, 0.4) is 0 Å². The molecule has 1 aliphatic rings. The second kappa shape index (κ2) is 6.69. The van der Waals surface area contributed by atoms with Gasteiger partial charge in [0.05, 0.1) is 17.4 Å². The van der Waals surface area contributed by atoms with Crippen molar-refractivity contribution in [3.05, 3.63) is 54.6 Å². The number of phenols is 1. The van der Waals surface area contributed by atoms with Gasteiger partial charge >= 0.3 is 0 Å². The average molecular weight is 334 g/mol. The molecule has 5 heteroatoms. The Balaban J connectivity index is 1.83. The number of nitrogens with one attached hydrogen (secondary N) is 1. The lowest BCUT2D eigenvalue weighted by atomic mass is 10.0. The van der Waals surface area contributed by atoms with Gasteiger partial charge in [0.2, 0.25) is 0 Å². The molecule has 1 atom stereocenters. The number of hydrogen-bond acceptors (Lipinski definition) is 4. The molecular weight excluding hydrogens is 312 g/mol. The molecule has 0 saturated carbocycles. The summed E-state index contributed by atoms with van der Waals surface area (Å²) in [7, 11) is 2.16. The summed E-state index contributed by atoms with van der Waals surface area (Å²) < 4.78 is 0. The molecule has 0 bridgehead atoms. The minimum absolute atomic E-state index is 0.248. The molecule has 0 radical (unpaired) electrons. The van der Waals surface area contributed by atoms with Gasteiger partial charge < -0.3 is 10.1 Å². The van der Waals surface area contributed by atoms with E-state index in [1.165, 1.54) is 12.8 Å². The van der Waals surface area contributed by atoms with Crippen molar-refractivity contribution in [1.82, 2.24) is 19.9 Å². The average Bonchev–Trinajstić information content (AvgIpc) is 3.08. The van der Waals surface area contributed by atoms with Crippen molar-refractivity contribution < 1.29 is 5.11 Å². The highest BCUT2D eigenvalue weighted by Crippen LogP contribution is 2.35. The fourth-order valence-electron chi connectivity index (χ4n) is 3.56. The van der Waals surface area contributed by atoms with Crippen LogP contribution in [0.15, 0.2) is 48.8 Å². The van der Waals surface area contributed by atoms with Gasteiger partial charge in [0.25, 0.3) is 0 Å². The molecule has 2 aromatic heterocycles. The predicted molar refractivity (Wildman–Crippen MR) is 98.1 cm³/mol. The van der Waals surface area contributed by atoms with E-state index in [-0.39, 0.29) is 5.75 Å². The molecule has 1 saturated heterocycles. The third-order valence-electron chi connectivity index (χ3n) is 4.90. The number of aromatic hydroxyl groups is 1. The number of phenolic OH excluding ortho intramolecular Hbond substituents is 1. The summed E-state index contributed by atoms with van der Waals surface area (Å²) in [5.74, 6) is 1.24. The number of nitrogens with zero attached hydrogens (tertiary/aromatic N) is 3. The van der Waals surface area contributed by atoms with Crippen LogP contribution in [-0.4, -0.2) is 38.6 Å². The van der Waals surface area contributed by atoms with Crippen LogP contribution in [0, 0.1) is 0 Å². The Labute approximate surface area is 147 Å². The number of imidazole rings is 1. The Kier molecular flexibility index (Phi) is 4.24. The smallest absolute Gasteiger partial charge is 0.124 e. The van der Waals surface area contributed by atoms with Crippen molar-refractivity contribution in [1.29, 1.82) is 0 Å². The molecule has 0 spiro atoms. The Bertz CT molecular complexity index is 859. The summed E-state index contributed by atoms with van der Waals surface area (Å²) in [6, 6.07) is 11.5. The quantitative estimate of drug-likeness (QED) is 0.760. The number of aromatic amines is 1. The molecular formula is C20H22N4O. The van der Waals surface area contributed by atoms with E-state index < -0.39 is 0 Å². The Morgan fingerprint density at radius 2 is 1.96 bits per heavy atom. The van der Waals surface area contributed by atoms with Crippen molar-refractivity contribution in [3.63, 3.8) is 0 Å². The number of piperidine rings is 1. The predicted octanol–water partition coefficient (Wildman–Crippen LogP) is 4.00. The van der Waals surface area contributed by atoms with Crippen molar-refractivity contribution in [2.45, 2.75) is 25.3 Å². The van der Waals surface area contributed by atoms with Gasteiger partial charge in [-0.25, -0.2) is 4.98 Å². The van der Waals surface area contributed by atoms with Crippen LogP contribution in [0.25, 0.3) is 22.5 Å². The highest BCUT2D eigenvalue weighted by atomic mass is 16.3. The lowest BCUT2D eigenvalue weighted by molar-refractivity contribution is 0.180. The molecule has 25 heavy (non-hydrogen) atoms. The summed E-state index contributed by atoms with van der Waals surface area (Å²) in [6.07, 6.45) is 7.15. The molecule has 0 amide bonds. The summed E-state index contributed by atoms with van der Waals surface area (Å²) in [4.78, 5) is 15.0. The van der Waals surface area contributed by atoms with Crippen molar-refractivity contribution in [3.8, 4) is 28.3 Å². The Morgan fingerprint density at radius 1 is 1.12 bits per heavy atom. The number of H-pyrrole nitrogens is 1. The first kappa shape index (κ1) is 15.8. The van der Waals surface area contributed by atoms with Gasteiger partial charge in [-0.05, 0) is 50.7 Å². The van der Waals surface area contributed by atoms with Gasteiger partial charge in [-0.2, -0.15) is 0 Å². The topological polar surface area (TPSA) is 65.0 Å². The van der Waals surface area contributed by atoms with Crippen LogP contribution in [0.5, 0.6) is 5.75 Å². The summed E-state index contributed by atoms with van der Waals surface area (Å²) in [5.41, 5.74) is 3.80. The molecule has 3 aromatic rings. The number of rotatable bonds is 3. The minimum Gasteiger partial charge on any atom is -0.508 e. The molecule has 1 fully saturated rings. The van der Waals surface area contributed by atoms with Crippen LogP contribution in [0.1, 0.15) is 31.1 Å².